The Hall–Kier alpha value is -1.02. The molecule has 92 valence electrons. The molecular weight excluding hydrogens is 198 g/mol. The molecule has 0 saturated carbocycles. The largest absolute Gasteiger partial charge is 0.508 e. The van der Waals surface area contributed by atoms with Crippen molar-refractivity contribution < 1.29 is 5.11 Å². The Morgan fingerprint density at radius 1 is 1.19 bits per heavy atom. The van der Waals surface area contributed by atoms with Crippen LogP contribution in [0.2, 0.25) is 0 Å². The van der Waals surface area contributed by atoms with E-state index in [1.807, 2.05) is 6.07 Å². The van der Waals surface area contributed by atoms with Crippen molar-refractivity contribution in [3.63, 3.8) is 0 Å². The average Bonchev–Trinajstić information content (AvgIpc) is 2.18. The normalized spacial score (nSPS) is 11.8. The van der Waals surface area contributed by atoms with Crippen LogP contribution in [0.15, 0.2) is 30.3 Å². The van der Waals surface area contributed by atoms with Gasteiger partial charge in [0.2, 0.25) is 0 Å². The maximum atomic E-state index is 8.63. The number of nitrogens with zero attached hydrogens (tertiary/aromatic N) is 1. The summed E-state index contributed by atoms with van der Waals surface area (Å²) in [5, 5.41) is 8.63. The number of hydrogen-bond donors (Lipinski definition) is 1. The number of phenols is 1. The quantitative estimate of drug-likeness (QED) is 0.846. The summed E-state index contributed by atoms with van der Waals surface area (Å²) in [6.45, 7) is 5.78. The van der Waals surface area contributed by atoms with E-state index in [0.717, 1.165) is 5.92 Å². The van der Waals surface area contributed by atoms with Crippen LogP contribution in [0, 0.1) is 5.92 Å². The first-order valence-electron chi connectivity index (χ1n) is 5.95. The zero-order valence-electron chi connectivity index (χ0n) is 11.0. The maximum absolute atomic E-state index is 8.63. The van der Waals surface area contributed by atoms with Gasteiger partial charge in [-0.3, -0.25) is 0 Å². The van der Waals surface area contributed by atoms with Gasteiger partial charge in [-0.1, -0.05) is 38.5 Å². The third-order valence-corrected chi connectivity index (χ3v) is 2.21. The lowest BCUT2D eigenvalue weighted by atomic mass is 10.1. The maximum Gasteiger partial charge on any atom is 0.115 e. The molecule has 2 heteroatoms. The van der Waals surface area contributed by atoms with Gasteiger partial charge in [-0.2, -0.15) is 0 Å². The van der Waals surface area contributed by atoms with Crippen molar-refractivity contribution in [1.82, 2.24) is 4.90 Å². The van der Waals surface area contributed by atoms with Gasteiger partial charge < -0.3 is 10.0 Å². The highest BCUT2D eigenvalue weighted by molar-refractivity contribution is 5.18. The van der Waals surface area contributed by atoms with Crippen LogP contribution in [0.5, 0.6) is 5.75 Å². The molecule has 0 radical (unpaired) electrons. The molecule has 2 nitrogen and oxygen atoms in total. The van der Waals surface area contributed by atoms with Crippen LogP contribution >= 0.6 is 0 Å². The molecule has 0 fully saturated rings. The Bertz CT molecular complexity index is 246. The molecule has 0 saturated heterocycles. The summed E-state index contributed by atoms with van der Waals surface area (Å²) in [5.41, 5.74) is 0. The van der Waals surface area contributed by atoms with E-state index < -0.39 is 0 Å². The summed E-state index contributed by atoms with van der Waals surface area (Å²) in [4.78, 5) is 2.25. The standard InChI is InChI=1S/C8H19N.C6H6O/c1-5-6-8(2)7-9(3)4;7-6-4-2-1-3-5-6/h8H,5-7H2,1-4H3;1-5,7H. The van der Waals surface area contributed by atoms with Gasteiger partial charge in [0.1, 0.15) is 5.75 Å². The summed E-state index contributed by atoms with van der Waals surface area (Å²) >= 11 is 0. The van der Waals surface area contributed by atoms with Crippen molar-refractivity contribution in [2.75, 3.05) is 20.6 Å². The van der Waals surface area contributed by atoms with E-state index in [2.05, 4.69) is 32.8 Å². The fourth-order valence-corrected chi connectivity index (χ4v) is 1.64. The minimum absolute atomic E-state index is 0.322. The Kier molecular flexibility index (Phi) is 8.64. The monoisotopic (exact) mass is 223 g/mol. The van der Waals surface area contributed by atoms with Crippen molar-refractivity contribution in [2.24, 2.45) is 5.92 Å². The van der Waals surface area contributed by atoms with Gasteiger partial charge in [-0.05, 0) is 38.6 Å². The van der Waals surface area contributed by atoms with Gasteiger partial charge in [0.15, 0.2) is 0 Å². The number of benzene rings is 1. The van der Waals surface area contributed by atoms with E-state index in [0.29, 0.717) is 5.75 Å². The van der Waals surface area contributed by atoms with Gasteiger partial charge in [0, 0.05) is 6.54 Å². The second-order valence-corrected chi connectivity index (χ2v) is 4.49. The van der Waals surface area contributed by atoms with Crippen molar-refractivity contribution in [1.29, 1.82) is 0 Å². The van der Waals surface area contributed by atoms with Crippen LogP contribution in [-0.2, 0) is 0 Å². The second kappa shape index (κ2) is 9.22. The lowest BCUT2D eigenvalue weighted by molar-refractivity contribution is 0.326. The molecule has 1 aromatic carbocycles. The molecule has 0 aliphatic carbocycles. The molecule has 1 N–H and O–H groups in total. The number of phenolic OH excluding ortho intramolecular Hbond substituents is 1. The first kappa shape index (κ1) is 15.0. The highest BCUT2D eigenvalue weighted by Crippen LogP contribution is 2.04. The Balaban J connectivity index is 0.000000288. The second-order valence-electron chi connectivity index (χ2n) is 4.49. The topological polar surface area (TPSA) is 23.5 Å². The van der Waals surface area contributed by atoms with Crippen molar-refractivity contribution in [3.05, 3.63) is 30.3 Å². The van der Waals surface area contributed by atoms with E-state index in [1.165, 1.54) is 19.4 Å². The van der Waals surface area contributed by atoms with Gasteiger partial charge >= 0.3 is 0 Å². The third-order valence-electron chi connectivity index (χ3n) is 2.21. The van der Waals surface area contributed by atoms with Gasteiger partial charge in [0.25, 0.3) is 0 Å². The van der Waals surface area contributed by atoms with E-state index >= 15 is 0 Å². The fourth-order valence-electron chi connectivity index (χ4n) is 1.64. The van der Waals surface area contributed by atoms with E-state index in [1.54, 1.807) is 24.3 Å². The smallest absolute Gasteiger partial charge is 0.115 e. The van der Waals surface area contributed by atoms with Crippen LogP contribution in [0.25, 0.3) is 0 Å². The molecule has 1 atom stereocenters. The first-order chi connectivity index (χ1) is 7.56. The summed E-state index contributed by atoms with van der Waals surface area (Å²) in [6.07, 6.45) is 2.67. The number of hydrogen-bond acceptors (Lipinski definition) is 2. The molecule has 1 unspecified atom stereocenters. The molecule has 0 aliphatic rings. The van der Waals surface area contributed by atoms with Gasteiger partial charge in [-0.25, -0.2) is 0 Å². The highest BCUT2D eigenvalue weighted by atomic mass is 16.3. The number of rotatable bonds is 4. The van der Waals surface area contributed by atoms with Gasteiger partial charge in [-0.15, -0.1) is 0 Å². The predicted molar refractivity (Wildman–Crippen MR) is 70.7 cm³/mol. The molecule has 0 bridgehead atoms. The van der Waals surface area contributed by atoms with Gasteiger partial charge in [0.05, 0.1) is 0 Å². The molecule has 0 heterocycles. The van der Waals surface area contributed by atoms with Crippen LogP contribution < -0.4 is 0 Å². The minimum Gasteiger partial charge on any atom is -0.508 e. The zero-order chi connectivity index (χ0) is 12.4. The Morgan fingerprint density at radius 3 is 2.06 bits per heavy atom. The minimum atomic E-state index is 0.322. The summed E-state index contributed by atoms with van der Waals surface area (Å²) in [7, 11) is 4.26. The molecular formula is C14H25NO. The van der Waals surface area contributed by atoms with E-state index in [-0.39, 0.29) is 0 Å². The number of aromatic hydroxyl groups is 1. The van der Waals surface area contributed by atoms with Crippen molar-refractivity contribution >= 4 is 0 Å². The predicted octanol–water partition coefficient (Wildman–Crippen LogP) is 3.38. The number of para-hydroxylation sites is 1. The highest BCUT2D eigenvalue weighted by Gasteiger charge is 1.99. The van der Waals surface area contributed by atoms with E-state index in [4.69, 9.17) is 5.11 Å². The fraction of sp³-hybridized carbons (Fsp3) is 0.571. The zero-order valence-corrected chi connectivity index (χ0v) is 11.0. The molecule has 0 aliphatic heterocycles. The Labute approximate surface area is 99.9 Å². The summed E-state index contributed by atoms with van der Waals surface area (Å²) < 4.78 is 0. The molecule has 0 aromatic heterocycles. The SMILES string of the molecule is CCCC(C)CN(C)C.Oc1ccccc1. The van der Waals surface area contributed by atoms with E-state index in [9.17, 15) is 0 Å². The third kappa shape index (κ3) is 9.53. The van der Waals surface area contributed by atoms with Crippen LogP contribution in [-0.4, -0.2) is 30.6 Å². The first-order valence-corrected chi connectivity index (χ1v) is 5.95. The lowest BCUT2D eigenvalue weighted by Crippen LogP contribution is -2.19. The molecule has 0 amide bonds. The average molecular weight is 223 g/mol. The van der Waals surface area contributed by atoms with Crippen molar-refractivity contribution in [3.8, 4) is 5.75 Å². The summed E-state index contributed by atoms with van der Waals surface area (Å²) in [6, 6.07) is 8.71. The van der Waals surface area contributed by atoms with Crippen molar-refractivity contribution in [2.45, 2.75) is 26.7 Å². The van der Waals surface area contributed by atoms with Crippen LogP contribution in [0.3, 0.4) is 0 Å². The molecule has 1 rings (SSSR count). The lowest BCUT2D eigenvalue weighted by Gasteiger charge is -2.15. The molecule has 1 aromatic rings. The molecule has 0 spiro atoms. The molecule has 16 heavy (non-hydrogen) atoms. The van der Waals surface area contributed by atoms with Crippen LogP contribution in [0.1, 0.15) is 26.7 Å². The Morgan fingerprint density at radius 2 is 1.75 bits per heavy atom. The summed E-state index contributed by atoms with van der Waals surface area (Å²) in [5.74, 6) is 1.19. The van der Waals surface area contributed by atoms with Crippen LogP contribution in [0.4, 0.5) is 0 Å².